The van der Waals surface area contributed by atoms with E-state index in [0.29, 0.717) is 13.0 Å². The highest BCUT2D eigenvalue weighted by atomic mass is 16.2. The van der Waals surface area contributed by atoms with Crippen LogP contribution in [0.1, 0.15) is 31.3 Å². The van der Waals surface area contributed by atoms with Crippen molar-refractivity contribution in [2.24, 2.45) is 0 Å². The summed E-state index contributed by atoms with van der Waals surface area (Å²) < 4.78 is 2.23. The Morgan fingerprint density at radius 2 is 2.17 bits per heavy atom. The number of fused-ring (bicyclic) bond motifs is 1. The van der Waals surface area contributed by atoms with Crippen LogP contribution in [0.5, 0.6) is 0 Å². The summed E-state index contributed by atoms with van der Waals surface area (Å²) >= 11 is 0. The highest BCUT2D eigenvalue weighted by Gasteiger charge is 2.28. The molecule has 1 aliphatic heterocycles. The van der Waals surface area contributed by atoms with Crippen LogP contribution in [0.2, 0.25) is 0 Å². The second-order valence-corrected chi connectivity index (χ2v) is 6.20. The van der Waals surface area contributed by atoms with E-state index in [4.69, 9.17) is 0 Å². The first kappa shape index (κ1) is 16.6. The molecular weight excluding hydrogens is 302 g/mol. The second-order valence-electron chi connectivity index (χ2n) is 6.20. The first-order valence-electron chi connectivity index (χ1n) is 8.62. The Balaban J connectivity index is 1.73. The van der Waals surface area contributed by atoms with E-state index in [1.54, 1.807) is 6.20 Å². The summed E-state index contributed by atoms with van der Waals surface area (Å²) in [5.74, 6) is 0.130. The predicted molar refractivity (Wildman–Crippen MR) is 92.4 cm³/mol. The Morgan fingerprint density at radius 3 is 2.88 bits per heavy atom. The highest BCUT2D eigenvalue weighted by Crippen LogP contribution is 2.22. The lowest BCUT2D eigenvalue weighted by Gasteiger charge is -2.36. The molecule has 0 aliphatic carbocycles. The molecule has 1 amide bonds. The molecule has 0 saturated carbocycles. The first-order chi connectivity index (χ1) is 11.7. The molecule has 1 unspecified atom stereocenters. The Labute approximate surface area is 143 Å². The van der Waals surface area contributed by atoms with E-state index in [0.717, 1.165) is 37.6 Å². The van der Waals surface area contributed by atoms with Crippen molar-refractivity contribution < 1.29 is 4.79 Å². The molecule has 6 nitrogen and oxygen atoms in total. The zero-order chi connectivity index (χ0) is 16.9. The molecule has 2 aromatic heterocycles. The van der Waals surface area contributed by atoms with Crippen molar-refractivity contribution >= 4 is 5.91 Å². The second kappa shape index (κ2) is 7.57. The van der Waals surface area contributed by atoms with Crippen LogP contribution in [-0.2, 0) is 17.8 Å². The molecule has 1 aliphatic rings. The molecular formula is C18H25N5O. The Bertz CT molecular complexity index is 665. The number of carbonyl (C=O) groups excluding carboxylic acids is 1. The monoisotopic (exact) mass is 327 g/mol. The van der Waals surface area contributed by atoms with E-state index in [1.807, 2.05) is 35.6 Å². The van der Waals surface area contributed by atoms with Crippen molar-refractivity contribution in [1.29, 1.82) is 0 Å². The van der Waals surface area contributed by atoms with E-state index < -0.39 is 0 Å². The zero-order valence-corrected chi connectivity index (χ0v) is 14.4. The van der Waals surface area contributed by atoms with Crippen LogP contribution in [0.25, 0.3) is 0 Å². The summed E-state index contributed by atoms with van der Waals surface area (Å²) in [6.45, 7) is 8.66. The van der Waals surface area contributed by atoms with Crippen molar-refractivity contribution in [3.63, 3.8) is 0 Å². The number of carbonyl (C=O) groups is 1. The van der Waals surface area contributed by atoms with E-state index in [2.05, 4.69) is 33.3 Å². The number of rotatable bonds is 6. The maximum absolute atomic E-state index is 12.7. The minimum absolute atomic E-state index is 0.130. The number of hydrogen-bond acceptors (Lipinski definition) is 4. The summed E-state index contributed by atoms with van der Waals surface area (Å²) in [4.78, 5) is 25.6. The third-order valence-corrected chi connectivity index (χ3v) is 4.70. The van der Waals surface area contributed by atoms with Crippen molar-refractivity contribution in [3.8, 4) is 0 Å². The predicted octanol–water partition coefficient (Wildman–Crippen LogP) is 1.75. The Hall–Kier alpha value is -2.21. The van der Waals surface area contributed by atoms with Gasteiger partial charge < -0.3 is 14.4 Å². The molecule has 3 rings (SSSR count). The third kappa shape index (κ3) is 3.64. The van der Waals surface area contributed by atoms with Gasteiger partial charge in [0.25, 0.3) is 0 Å². The lowest BCUT2D eigenvalue weighted by molar-refractivity contribution is -0.132. The summed E-state index contributed by atoms with van der Waals surface area (Å²) in [5, 5.41) is 0. The van der Waals surface area contributed by atoms with E-state index in [1.165, 1.54) is 0 Å². The van der Waals surface area contributed by atoms with Crippen molar-refractivity contribution in [2.45, 2.75) is 32.9 Å². The van der Waals surface area contributed by atoms with E-state index in [9.17, 15) is 4.79 Å². The van der Waals surface area contributed by atoms with Crippen LogP contribution in [0.4, 0.5) is 0 Å². The molecule has 0 radical (unpaired) electrons. The van der Waals surface area contributed by atoms with Gasteiger partial charge in [0.05, 0.1) is 31.0 Å². The maximum atomic E-state index is 12.7. The lowest BCUT2D eigenvalue weighted by Crippen LogP contribution is -2.45. The molecule has 1 atom stereocenters. The van der Waals surface area contributed by atoms with Gasteiger partial charge in [0, 0.05) is 31.2 Å². The van der Waals surface area contributed by atoms with Crippen molar-refractivity contribution in [3.05, 3.63) is 48.3 Å². The van der Waals surface area contributed by atoms with Gasteiger partial charge in [-0.05, 0) is 25.2 Å². The van der Waals surface area contributed by atoms with Gasteiger partial charge in [0.15, 0.2) is 0 Å². The smallest absolute Gasteiger partial charge is 0.229 e. The van der Waals surface area contributed by atoms with E-state index in [-0.39, 0.29) is 11.9 Å². The summed E-state index contributed by atoms with van der Waals surface area (Å²) in [6.07, 6.45) is 5.85. The molecule has 0 saturated heterocycles. The van der Waals surface area contributed by atoms with Gasteiger partial charge in [-0.25, -0.2) is 4.98 Å². The molecule has 0 aromatic carbocycles. The number of nitrogens with zero attached hydrogens (tertiary/aromatic N) is 5. The molecule has 128 valence electrons. The number of aromatic nitrogens is 3. The largest absolute Gasteiger partial charge is 0.334 e. The van der Waals surface area contributed by atoms with Gasteiger partial charge in [0.1, 0.15) is 0 Å². The minimum Gasteiger partial charge on any atom is -0.334 e. The Kier molecular flexibility index (Phi) is 5.25. The fraction of sp³-hybridized carbons (Fsp3) is 0.500. The summed E-state index contributed by atoms with van der Waals surface area (Å²) in [7, 11) is 0. The normalized spacial score (nSPS) is 17.1. The number of amides is 1. The van der Waals surface area contributed by atoms with Gasteiger partial charge in [-0.3, -0.25) is 9.78 Å². The molecule has 2 aromatic rings. The summed E-state index contributed by atoms with van der Waals surface area (Å²) in [6, 6.07) is 5.95. The quantitative estimate of drug-likeness (QED) is 0.811. The average Bonchev–Trinajstić information content (AvgIpc) is 3.09. The molecule has 3 heterocycles. The van der Waals surface area contributed by atoms with Crippen LogP contribution < -0.4 is 0 Å². The number of likely N-dealkylation sites (N-methyl/N-ethyl adjacent to an activating group) is 1. The fourth-order valence-electron chi connectivity index (χ4n) is 3.27. The third-order valence-electron chi connectivity index (χ3n) is 4.70. The van der Waals surface area contributed by atoms with Crippen LogP contribution in [0, 0.1) is 0 Å². The van der Waals surface area contributed by atoms with Gasteiger partial charge in [0.2, 0.25) is 5.91 Å². The van der Waals surface area contributed by atoms with Crippen molar-refractivity contribution in [1.82, 2.24) is 24.3 Å². The molecule has 24 heavy (non-hydrogen) atoms. The first-order valence-corrected chi connectivity index (χ1v) is 8.62. The van der Waals surface area contributed by atoms with Crippen molar-refractivity contribution in [2.75, 3.05) is 26.2 Å². The van der Waals surface area contributed by atoms with Gasteiger partial charge in [-0.2, -0.15) is 0 Å². The topological polar surface area (TPSA) is 54.3 Å². The number of imidazole rings is 1. The zero-order valence-electron chi connectivity index (χ0n) is 14.4. The van der Waals surface area contributed by atoms with Gasteiger partial charge >= 0.3 is 0 Å². The highest BCUT2D eigenvalue weighted by molar-refractivity contribution is 5.78. The maximum Gasteiger partial charge on any atom is 0.229 e. The van der Waals surface area contributed by atoms with Crippen LogP contribution in [0.3, 0.4) is 0 Å². The number of pyridine rings is 1. The van der Waals surface area contributed by atoms with Crippen LogP contribution in [0.15, 0.2) is 36.9 Å². The van der Waals surface area contributed by atoms with Gasteiger partial charge in [-0.1, -0.05) is 19.9 Å². The summed E-state index contributed by atoms with van der Waals surface area (Å²) in [5.41, 5.74) is 1.93. The van der Waals surface area contributed by atoms with Crippen LogP contribution in [-0.4, -0.2) is 56.4 Å². The van der Waals surface area contributed by atoms with Crippen LogP contribution >= 0.6 is 0 Å². The Morgan fingerprint density at radius 1 is 1.33 bits per heavy atom. The number of hydrogen-bond donors (Lipinski definition) is 0. The molecule has 0 N–H and O–H groups in total. The van der Waals surface area contributed by atoms with Gasteiger partial charge in [-0.15, -0.1) is 0 Å². The minimum atomic E-state index is 0.130. The lowest BCUT2D eigenvalue weighted by atomic mass is 10.1. The van der Waals surface area contributed by atoms with E-state index >= 15 is 0 Å². The fourth-order valence-corrected chi connectivity index (χ4v) is 3.27. The standard InChI is InChI=1S/C18H25N5O/c1-3-21(4-2)11-17-13-22(12-16-10-19-14-23(16)17)18(24)9-15-7-5-6-8-20-15/h5-8,10,14,17H,3-4,9,11-13H2,1-2H3. The molecule has 0 spiro atoms. The molecule has 6 heteroatoms. The SMILES string of the molecule is CCN(CC)CC1CN(C(=O)Cc2ccccn2)Cc2cncn21. The average molecular weight is 327 g/mol. The molecule has 0 bridgehead atoms. The molecule has 0 fully saturated rings.